The minimum absolute atomic E-state index is 0.113. The Balaban J connectivity index is 3.28. The fraction of sp³-hybridized carbons (Fsp3) is 0.143. The average molecular weight is 255 g/mol. The molecule has 0 saturated carbocycles. The molecule has 0 unspecified atom stereocenters. The molecule has 0 aliphatic rings. The number of nitrogens with zero attached hydrogens (tertiary/aromatic N) is 1. The molecule has 7 heteroatoms. The molecule has 0 atom stereocenters. The Hall–Kier alpha value is -0.490. The number of benzene rings is 1. The molecule has 78 valence electrons. The number of rotatable bonds is 2. The van der Waals surface area contributed by atoms with E-state index in [1.54, 1.807) is 12.1 Å². The van der Waals surface area contributed by atoms with Crippen molar-refractivity contribution in [3.8, 4) is 0 Å². The van der Waals surface area contributed by atoms with Crippen LogP contribution < -0.4 is 10.3 Å². The summed E-state index contributed by atoms with van der Waals surface area (Å²) in [4.78, 5) is 0. The lowest BCUT2D eigenvalue weighted by Gasteiger charge is -2.17. The van der Waals surface area contributed by atoms with Gasteiger partial charge in [-0.15, -0.1) is 0 Å². The molecule has 1 rings (SSSR count). The molecule has 14 heavy (non-hydrogen) atoms. The molecule has 1 aromatic carbocycles. The van der Waals surface area contributed by atoms with Crippen LogP contribution in [0.4, 0.5) is 5.69 Å². The average Bonchev–Trinajstić information content (AvgIpc) is 2.07. The summed E-state index contributed by atoms with van der Waals surface area (Å²) in [7, 11) is -3.53. The van der Waals surface area contributed by atoms with E-state index in [9.17, 15) is 8.42 Å². The first-order chi connectivity index (χ1) is 6.34. The van der Waals surface area contributed by atoms with Crippen LogP contribution in [-0.4, -0.2) is 14.7 Å². The zero-order chi connectivity index (χ0) is 10.9. The van der Waals surface area contributed by atoms with E-state index in [-0.39, 0.29) is 15.7 Å². The Bertz CT molecular complexity index is 447. The summed E-state index contributed by atoms with van der Waals surface area (Å²) in [6.07, 6.45) is 0.976. The van der Waals surface area contributed by atoms with Gasteiger partial charge in [-0.25, -0.2) is 18.7 Å². The molecule has 1 aromatic rings. The van der Waals surface area contributed by atoms with Crippen molar-refractivity contribution in [2.45, 2.75) is 0 Å². The van der Waals surface area contributed by atoms with Gasteiger partial charge < -0.3 is 0 Å². The molecule has 0 aromatic heterocycles. The topological polar surface area (TPSA) is 63.4 Å². The van der Waals surface area contributed by atoms with Crippen molar-refractivity contribution in [1.29, 1.82) is 0 Å². The Morgan fingerprint density at radius 2 is 1.93 bits per heavy atom. The van der Waals surface area contributed by atoms with Gasteiger partial charge in [0.2, 0.25) is 10.0 Å². The Morgan fingerprint density at radius 1 is 1.36 bits per heavy atom. The summed E-state index contributed by atoms with van der Waals surface area (Å²) < 4.78 is 22.8. The lowest BCUT2D eigenvalue weighted by Crippen LogP contribution is -2.36. The van der Waals surface area contributed by atoms with Gasteiger partial charge in [-0.3, -0.25) is 0 Å². The monoisotopic (exact) mass is 254 g/mol. The minimum atomic E-state index is -3.53. The predicted molar refractivity (Wildman–Crippen MR) is 58.0 cm³/mol. The van der Waals surface area contributed by atoms with Crippen LogP contribution >= 0.6 is 23.2 Å². The molecule has 0 spiro atoms. The van der Waals surface area contributed by atoms with Crippen molar-refractivity contribution < 1.29 is 8.42 Å². The maximum Gasteiger partial charge on any atom is 0.245 e. The van der Waals surface area contributed by atoms with Crippen molar-refractivity contribution in [3.63, 3.8) is 0 Å². The standard InChI is InChI=1S/C7H8Cl2N2O2S/c1-14(12,13)11(10)6-4-2-3-5(8)7(6)9/h2-4H,10H2,1H3. The molecular formula is C7H8Cl2N2O2S. The third kappa shape index (κ3) is 2.30. The fourth-order valence-corrected chi connectivity index (χ4v) is 1.79. The van der Waals surface area contributed by atoms with E-state index in [0.717, 1.165) is 6.26 Å². The maximum atomic E-state index is 11.1. The SMILES string of the molecule is CS(=O)(=O)N(N)c1cccc(Cl)c1Cl. The number of hydrogen-bond acceptors (Lipinski definition) is 3. The Morgan fingerprint density at radius 3 is 2.43 bits per heavy atom. The molecule has 0 saturated heterocycles. The first-order valence-corrected chi connectivity index (χ1v) is 6.13. The molecule has 0 amide bonds. The second-order valence-electron chi connectivity index (χ2n) is 2.63. The number of hydrogen-bond donors (Lipinski definition) is 1. The van der Waals surface area contributed by atoms with Crippen molar-refractivity contribution in [2.75, 3.05) is 10.7 Å². The zero-order valence-corrected chi connectivity index (χ0v) is 9.57. The van der Waals surface area contributed by atoms with E-state index in [1.807, 2.05) is 0 Å². The lowest BCUT2D eigenvalue weighted by molar-refractivity contribution is 0.598. The highest BCUT2D eigenvalue weighted by Gasteiger charge is 2.16. The third-order valence-electron chi connectivity index (χ3n) is 1.53. The van der Waals surface area contributed by atoms with Gasteiger partial charge in [0.1, 0.15) is 0 Å². The Labute approximate surface area is 92.2 Å². The molecule has 0 bridgehead atoms. The molecule has 2 N–H and O–H groups in total. The van der Waals surface area contributed by atoms with E-state index in [2.05, 4.69) is 0 Å². The van der Waals surface area contributed by atoms with E-state index in [4.69, 9.17) is 29.0 Å². The Kier molecular flexibility index (Phi) is 3.26. The number of sulfonamides is 1. The van der Waals surface area contributed by atoms with Crippen molar-refractivity contribution >= 4 is 38.9 Å². The first-order valence-electron chi connectivity index (χ1n) is 3.53. The van der Waals surface area contributed by atoms with Crippen LogP contribution in [0.3, 0.4) is 0 Å². The predicted octanol–water partition coefficient (Wildman–Crippen LogP) is 1.63. The summed E-state index contributed by atoms with van der Waals surface area (Å²) >= 11 is 11.5. The second kappa shape index (κ2) is 3.94. The summed E-state index contributed by atoms with van der Waals surface area (Å²) in [6.45, 7) is 0. The maximum absolute atomic E-state index is 11.1. The molecule has 0 fully saturated rings. The van der Waals surface area contributed by atoms with E-state index in [1.165, 1.54) is 6.07 Å². The van der Waals surface area contributed by atoms with Crippen LogP contribution in [-0.2, 0) is 10.0 Å². The highest BCUT2D eigenvalue weighted by molar-refractivity contribution is 7.92. The third-order valence-corrected chi connectivity index (χ3v) is 3.25. The number of nitrogens with two attached hydrogens (primary N) is 1. The van der Waals surface area contributed by atoms with Gasteiger partial charge in [0.25, 0.3) is 0 Å². The van der Waals surface area contributed by atoms with Gasteiger partial charge in [-0.2, -0.15) is 0 Å². The van der Waals surface area contributed by atoms with Gasteiger partial charge in [0, 0.05) is 0 Å². The molecule has 4 nitrogen and oxygen atoms in total. The smallest absolute Gasteiger partial charge is 0.233 e. The number of anilines is 1. The van der Waals surface area contributed by atoms with E-state index in [0.29, 0.717) is 4.41 Å². The van der Waals surface area contributed by atoms with Crippen molar-refractivity contribution in [2.24, 2.45) is 5.84 Å². The summed E-state index contributed by atoms with van der Waals surface area (Å²) in [5.41, 5.74) is 0.154. The molecule has 0 heterocycles. The lowest BCUT2D eigenvalue weighted by atomic mass is 10.3. The molecule has 0 aliphatic heterocycles. The summed E-state index contributed by atoms with van der Waals surface area (Å²) in [6, 6.07) is 4.58. The van der Waals surface area contributed by atoms with Crippen LogP contribution in [0.15, 0.2) is 18.2 Å². The number of halogens is 2. The van der Waals surface area contributed by atoms with Crippen LogP contribution in [0.25, 0.3) is 0 Å². The normalized spacial score (nSPS) is 11.4. The van der Waals surface area contributed by atoms with Crippen LogP contribution in [0.2, 0.25) is 10.0 Å². The van der Waals surface area contributed by atoms with Crippen LogP contribution in [0.1, 0.15) is 0 Å². The van der Waals surface area contributed by atoms with Gasteiger partial charge in [0.05, 0.1) is 22.0 Å². The zero-order valence-electron chi connectivity index (χ0n) is 7.24. The first kappa shape index (κ1) is 11.6. The van der Waals surface area contributed by atoms with Crippen molar-refractivity contribution in [3.05, 3.63) is 28.2 Å². The van der Waals surface area contributed by atoms with Crippen LogP contribution in [0, 0.1) is 0 Å². The van der Waals surface area contributed by atoms with Gasteiger partial charge in [-0.1, -0.05) is 29.3 Å². The largest absolute Gasteiger partial charge is 0.245 e. The molecular weight excluding hydrogens is 247 g/mol. The number of hydrazine groups is 1. The quantitative estimate of drug-likeness (QED) is 0.645. The van der Waals surface area contributed by atoms with Gasteiger partial charge >= 0.3 is 0 Å². The second-order valence-corrected chi connectivity index (χ2v) is 5.28. The van der Waals surface area contributed by atoms with Gasteiger partial charge in [-0.05, 0) is 12.1 Å². The van der Waals surface area contributed by atoms with Gasteiger partial charge in [0.15, 0.2) is 0 Å². The highest BCUT2D eigenvalue weighted by atomic mass is 35.5. The fourth-order valence-electron chi connectivity index (χ4n) is 0.841. The van der Waals surface area contributed by atoms with E-state index < -0.39 is 10.0 Å². The summed E-state index contributed by atoms with van der Waals surface area (Å²) in [5, 5.41) is 0.366. The highest BCUT2D eigenvalue weighted by Crippen LogP contribution is 2.31. The van der Waals surface area contributed by atoms with Crippen LogP contribution in [0.5, 0.6) is 0 Å². The van der Waals surface area contributed by atoms with Crippen molar-refractivity contribution in [1.82, 2.24) is 0 Å². The molecule has 0 radical (unpaired) electrons. The molecule has 0 aliphatic carbocycles. The minimum Gasteiger partial charge on any atom is -0.233 e. The summed E-state index contributed by atoms with van der Waals surface area (Å²) in [5.74, 6) is 5.34. The van der Waals surface area contributed by atoms with E-state index >= 15 is 0 Å².